The molecule has 0 amide bonds. The Bertz CT molecular complexity index is 347. The molecule has 0 saturated carbocycles. The molecule has 0 aromatic heterocycles. The van der Waals surface area contributed by atoms with Crippen LogP contribution in [0, 0.1) is 0 Å². The molecule has 0 saturated heterocycles. The van der Waals surface area contributed by atoms with Crippen LogP contribution in [-0.4, -0.2) is 12.6 Å². The number of aryl methyl sites for hydroxylation is 1. The fraction of sp³-hybridized carbons (Fsp3) is 0.417. The Balaban J connectivity index is 2.87. The molecule has 0 N–H and O–H groups in total. The summed E-state index contributed by atoms with van der Waals surface area (Å²) in [4.78, 5) is 11.6. The molecule has 82 valence electrons. The van der Waals surface area contributed by atoms with Crippen LogP contribution in [0.1, 0.15) is 36.2 Å². The van der Waals surface area contributed by atoms with Crippen molar-refractivity contribution in [3.63, 3.8) is 0 Å². The molecule has 0 bridgehead atoms. The third-order valence-corrected chi connectivity index (χ3v) is 2.34. The summed E-state index contributed by atoms with van der Waals surface area (Å²) in [5, 5.41) is 0.652. The minimum atomic E-state index is -0.259. The first-order valence-corrected chi connectivity index (χ1v) is 5.52. The summed E-state index contributed by atoms with van der Waals surface area (Å²) in [5.41, 5.74) is 1.55. The number of hydrogen-bond donors (Lipinski definition) is 0. The highest BCUT2D eigenvalue weighted by Gasteiger charge is 2.11. The molecule has 0 heterocycles. The molecule has 1 rings (SSSR count). The standard InChI is InChI=1S/C12H15ClO2/c1-3-7-15-12(14)11-6-5-10(13)8-9(11)4-2/h5-6,8H,3-4,7H2,1-2H3. The summed E-state index contributed by atoms with van der Waals surface area (Å²) in [6.45, 7) is 4.42. The predicted molar refractivity (Wildman–Crippen MR) is 61.4 cm³/mol. The van der Waals surface area contributed by atoms with E-state index in [0.717, 1.165) is 18.4 Å². The van der Waals surface area contributed by atoms with Crippen molar-refractivity contribution in [3.8, 4) is 0 Å². The summed E-state index contributed by atoms with van der Waals surface area (Å²) in [5.74, 6) is -0.259. The number of rotatable bonds is 4. The molecule has 0 fully saturated rings. The minimum absolute atomic E-state index is 0.259. The van der Waals surface area contributed by atoms with E-state index in [1.165, 1.54) is 0 Å². The Kier molecular flexibility index (Phi) is 4.63. The lowest BCUT2D eigenvalue weighted by atomic mass is 10.1. The molecule has 0 aliphatic rings. The van der Waals surface area contributed by atoms with Crippen molar-refractivity contribution in [1.29, 1.82) is 0 Å². The summed E-state index contributed by atoms with van der Waals surface area (Å²) in [6.07, 6.45) is 1.61. The Labute approximate surface area is 95.2 Å². The number of esters is 1. The summed E-state index contributed by atoms with van der Waals surface area (Å²) in [7, 11) is 0. The van der Waals surface area contributed by atoms with Gasteiger partial charge in [0.1, 0.15) is 0 Å². The van der Waals surface area contributed by atoms with E-state index in [1.54, 1.807) is 12.1 Å². The van der Waals surface area contributed by atoms with Crippen molar-refractivity contribution in [3.05, 3.63) is 34.3 Å². The smallest absolute Gasteiger partial charge is 0.338 e. The first-order chi connectivity index (χ1) is 7.19. The van der Waals surface area contributed by atoms with E-state index < -0.39 is 0 Å². The van der Waals surface area contributed by atoms with Crippen LogP contribution in [0.15, 0.2) is 18.2 Å². The Morgan fingerprint density at radius 1 is 1.40 bits per heavy atom. The van der Waals surface area contributed by atoms with Crippen LogP contribution >= 0.6 is 11.6 Å². The molecule has 2 nitrogen and oxygen atoms in total. The summed E-state index contributed by atoms with van der Waals surface area (Å²) < 4.78 is 5.08. The molecular weight excluding hydrogens is 212 g/mol. The third kappa shape index (κ3) is 3.24. The molecule has 15 heavy (non-hydrogen) atoms. The zero-order chi connectivity index (χ0) is 11.3. The highest BCUT2D eigenvalue weighted by Crippen LogP contribution is 2.17. The average molecular weight is 227 g/mol. The third-order valence-electron chi connectivity index (χ3n) is 2.11. The molecule has 1 aromatic carbocycles. The van der Waals surface area contributed by atoms with Gasteiger partial charge in [0.15, 0.2) is 0 Å². The van der Waals surface area contributed by atoms with Gasteiger partial charge in [-0.25, -0.2) is 4.79 Å². The second kappa shape index (κ2) is 5.76. The van der Waals surface area contributed by atoms with Crippen LogP contribution in [-0.2, 0) is 11.2 Å². The molecule has 0 unspecified atom stereocenters. The second-order valence-electron chi connectivity index (χ2n) is 3.29. The fourth-order valence-electron chi connectivity index (χ4n) is 1.33. The van der Waals surface area contributed by atoms with Crippen LogP contribution < -0.4 is 0 Å². The lowest BCUT2D eigenvalue weighted by Crippen LogP contribution is -2.08. The zero-order valence-electron chi connectivity index (χ0n) is 9.05. The molecule has 0 aliphatic heterocycles. The number of ether oxygens (including phenoxy) is 1. The van der Waals surface area contributed by atoms with Gasteiger partial charge in [0.25, 0.3) is 0 Å². The first-order valence-electron chi connectivity index (χ1n) is 5.14. The lowest BCUT2D eigenvalue weighted by molar-refractivity contribution is 0.0504. The van der Waals surface area contributed by atoms with Crippen LogP contribution in [0.2, 0.25) is 5.02 Å². The molecule has 0 atom stereocenters. The van der Waals surface area contributed by atoms with Crippen molar-refractivity contribution in [2.24, 2.45) is 0 Å². The van der Waals surface area contributed by atoms with Crippen LogP contribution in [0.4, 0.5) is 0 Å². The largest absolute Gasteiger partial charge is 0.462 e. The van der Waals surface area contributed by atoms with Crippen molar-refractivity contribution in [2.45, 2.75) is 26.7 Å². The first kappa shape index (κ1) is 12.1. The Morgan fingerprint density at radius 2 is 2.13 bits per heavy atom. The van der Waals surface area contributed by atoms with Gasteiger partial charge in [-0.1, -0.05) is 25.4 Å². The number of hydrogen-bond acceptors (Lipinski definition) is 2. The van der Waals surface area contributed by atoms with Gasteiger partial charge >= 0.3 is 5.97 Å². The highest BCUT2D eigenvalue weighted by atomic mass is 35.5. The van der Waals surface area contributed by atoms with Crippen molar-refractivity contribution in [2.75, 3.05) is 6.61 Å². The summed E-state index contributed by atoms with van der Waals surface area (Å²) >= 11 is 5.85. The maximum atomic E-state index is 11.6. The molecule has 3 heteroatoms. The van der Waals surface area contributed by atoms with Gasteiger partial charge in [-0.2, -0.15) is 0 Å². The van der Waals surface area contributed by atoms with Crippen molar-refractivity contribution >= 4 is 17.6 Å². The Morgan fingerprint density at radius 3 is 2.73 bits per heavy atom. The normalized spacial score (nSPS) is 10.1. The van der Waals surface area contributed by atoms with Crippen LogP contribution in [0.5, 0.6) is 0 Å². The van der Waals surface area contributed by atoms with Gasteiger partial charge in [0.05, 0.1) is 12.2 Å². The highest BCUT2D eigenvalue weighted by molar-refractivity contribution is 6.30. The van der Waals surface area contributed by atoms with Crippen molar-refractivity contribution in [1.82, 2.24) is 0 Å². The fourth-order valence-corrected chi connectivity index (χ4v) is 1.52. The molecule has 0 aliphatic carbocycles. The van der Waals surface area contributed by atoms with E-state index in [2.05, 4.69) is 0 Å². The van der Waals surface area contributed by atoms with Crippen LogP contribution in [0.3, 0.4) is 0 Å². The predicted octanol–water partition coefficient (Wildman–Crippen LogP) is 3.47. The molecule has 1 aromatic rings. The number of benzene rings is 1. The average Bonchev–Trinajstić information content (AvgIpc) is 2.25. The monoisotopic (exact) mass is 226 g/mol. The number of carbonyl (C=O) groups is 1. The van der Waals surface area contributed by atoms with Gasteiger partial charge < -0.3 is 4.74 Å². The van der Waals surface area contributed by atoms with E-state index in [4.69, 9.17) is 16.3 Å². The van der Waals surface area contributed by atoms with Gasteiger partial charge in [-0.15, -0.1) is 0 Å². The van der Waals surface area contributed by atoms with Gasteiger partial charge in [0.2, 0.25) is 0 Å². The maximum Gasteiger partial charge on any atom is 0.338 e. The van der Waals surface area contributed by atoms with Gasteiger partial charge in [-0.3, -0.25) is 0 Å². The summed E-state index contributed by atoms with van der Waals surface area (Å²) in [6, 6.07) is 5.24. The minimum Gasteiger partial charge on any atom is -0.462 e. The second-order valence-corrected chi connectivity index (χ2v) is 3.73. The van der Waals surface area contributed by atoms with Crippen molar-refractivity contribution < 1.29 is 9.53 Å². The van der Waals surface area contributed by atoms with E-state index in [0.29, 0.717) is 17.2 Å². The molecule has 0 radical (unpaired) electrons. The molecule has 0 spiro atoms. The number of carbonyl (C=O) groups excluding carboxylic acids is 1. The number of halogens is 1. The maximum absolute atomic E-state index is 11.6. The molecular formula is C12H15ClO2. The van der Waals surface area contributed by atoms with Gasteiger partial charge in [-0.05, 0) is 36.6 Å². The quantitative estimate of drug-likeness (QED) is 0.735. The lowest BCUT2D eigenvalue weighted by Gasteiger charge is -2.07. The van der Waals surface area contributed by atoms with E-state index in [1.807, 2.05) is 19.9 Å². The topological polar surface area (TPSA) is 26.3 Å². The van der Waals surface area contributed by atoms with E-state index in [-0.39, 0.29) is 5.97 Å². The zero-order valence-corrected chi connectivity index (χ0v) is 9.80. The van der Waals surface area contributed by atoms with Gasteiger partial charge in [0, 0.05) is 5.02 Å². The SMILES string of the molecule is CCCOC(=O)c1ccc(Cl)cc1CC. The van der Waals surface area contributed by atoms with Crippen LogP contribution in [0.25, 0.3) is 0 Å². The Hall–Kier alpha value is -1.02. The van der Waals surface area contributed by atoms with E-state index in [9.17, 15) is 4.79 Å². The van der Waals surface area contributed by atoms with E-state index >= 15 is 0 Å².